The molecule has 0 N–H and O–H groups in total. The summed E-state index contributed by atoms with van der Waals surface area (Å²) in [4.78, 5) is 0. The van der Waals surface area contributed by atoms with Crippen molar-refractivity contribution >= 4 is 0 Å². The van der Waals surface area contributed by atoms with Crippen LogP contribution in [-0.2, 0) is 25.8 Å². The number of aromatic nitrogens is 2. The Labute approximate surface area is 140 Å². The molecule has 0 bridgehead atoms. The van der Waals surface area contributed by atoms with Crippen molar-refractivity contribution in [2.24, 2.45) is 5.92 Å². The van der Waals surface area contributed by atoms with Crippen molar-refractivity contribution in [3.63, 3.8) is 0 Å². The fraction of sp³-hybridized carbons (Fsp3) is 0.571. The molecule has 1 aromatic carbocycles. The molecule has 3 rings (SSSR count). The van der Waals surface area contributed by atoms with Gasteiger partial charge in [-0.3, -0.25) is 4.68 Å². The second kappa shape index (κ2) is 8.33. The Balaban J connectivity index is 1.68. The van der Waals surface area contributed by atoms with Gasteiger partial charge in [-0.05, 0) is 49.7 Å². The molecular weight excluding hydrogens is 280 g/mol. The lowest BCUT2D eigenvalue weighted by molar-refractivity contribution is 0.304. The average Bonchev–Trinajstić information content (AvgIpc) is 2.97. The van der Waals surface area contributed by atoms with E-state index in [9.17, 15) is 0 Å². The molecule has 0 spiro atoms. The minimum atomic E-state index is 0.841. The van der Waals surface area contributed by atoms with E-state index in [-0.39, 0.29) is 0 Å². The van der Waals surface area contributed by atoms with Crippen LogP contribution >= 0.6 is 0 Å². The van der Waals surface area contributed by atoms with E-state index in [1.54, 1.807) is 0 Å². The summed E-state index contributed by atoms with van der Waals surface area (Å²) in [6, 6.07) is 13.2. The molecule has 0 unspecified atom stereocenters. The fourth-order valence-corrected chi connectivity index (χ4v) is 3.78. The number of hydrogen-bond acceptors (Lipinski definition) is 1. The van der Waals surface area contributed by atoms with Crippen molar-refractivity contribution in [2.45, 2.75) is 71.3 Å². The van der Waals surface area contributed by atoms with Crippen LogP contribution in [0.1, 0.15) is 62.4 Å². The molecule has 0 atom stereocenters. The lowest BCUT2D eigenvalue weighted by atomic mass is 9.89. The molecular formula is C21H30N2. The Morgan fingerprint density at radius 2 is 1.78 bits per heavy atom. The summed E-state index contributed by atoms with van der Waals surface area (Å²) < 4.78 is 2.34. The van der Waals surface area contributed by atoms with Gasteiger partial charge in [0.05, 0.1) is 5.69 Å². The number of hydrogen-bond donors (Lipinski definition) is 0. The van der Waals surface area contributed by atoms with Gasteiger partial charge in [0.15, 0.2) is 0 Å². The van der Waals surface area contributed by atoms with Crippen molar-refractivity contribution in [3.05, 3.63) is 53.3 Å². The third-order valence-corrected chi connectivity index (χ3v) is 5.09. The summed E-state index contributed by atoms with van der Waals surface area (Å²) in [5.41, 5.74) is 4.14. The van der Waals surface area contributed by atoms with E-state index < -0.39 is 0 Å². The molecule has 23 heavy (non-hydrogen) atoms. The topological polar surface area (TPSA) is 17.8 Å². The summed E-state index contributed by atoms with van der Waals surface area (Å²) >= 11 is 0. The predicted octanol–water partition coefficient (Wildman–Crippen LogP) is 5.20. The van der Waals surface area contributed by atoms with Gasteiger partial charge in [0.25, 0.3) is 0 Å². The van der Waals surface area contributed by atoms with Gasteiger partial charge in [-0.25, -0.2) is 0 Å². The summed E-state index contributed by atoms with van der Waals surface area (Å²) in [5.74, 6) is 0.841. The zero-order valence-electron chi connectivity index (χ0n) is 14.5. The van der Waals surface area contributed by atoms with Gasteiger partial charge in [-0.1, -0.05) is 62.9 Å². The van der Waals surface area contributed by atoms with Gasteiger partial charge in [-0.15, -0.1) is 0 Å². The standard InChI is InChI=1S/C21H30N2/c1-2-9-20-16-21(15-14-18-10-5-3-6-11-18)23(22-20)17-19-12-7-4-8-13-19/h3,5-6,10-11,16,19H,2,4,7-9,12-15,17H2,1H3. The second-order valence-electron chi connectivity index (χ2n) is 7.05. The first kappa shape index (κ1) is 16.3. The van der Waals surface area contributed by atoms with Crippen LogP contribution in [0.3, 0.4) is 0 Å². The zero-order chi connectivity index (χ0) is 15.9. The molecule has 1 fully saturated rings. The van der Waals surface area contributed by atoms with Crippen molar-refractivity contribution in [2.75, 3.05) is 0 Å². The van der Waals surface area contributed by atoms with E-state index in [1.165, 1.54) is 55.5 Å². The minimum Gasteiger partial charge on any atom is -0.269 e. The number of aryl methyl sites for hydroxylation is 3. The maximum absolute atomic E-state index is 4.92. The van der Waals surface area contributed by atoms with Crippen LogP contribution in [0.2, 0.25) is 0 Å². The molecule has 0 aliphatic heterocycles. The molecule has 0 amide bonds. The highest BCUT2D eigenvalue weighted by atomic mass is 15.3. The highest BCUT2D eigenvalue weighted by Gasteiger charge is 2.16. The van der Waals surface area contributed by atoms with Crippen LogP contribution in [0, 0.1) is 5.92 Å². The number of benzene rings is 1. The highest BCUT2D eigenvalue weighted by molar-refractivity contribution is 5.18. The quantitative estimate of drug-likeness (QED) is 0.687. The summed E-state index contributed by atoms with van der Waals surface area (Å²) in [6.45, 7) is 3.37. The zero-order valence-corrected chi connectivity index (χ0v) is 14.5. The Morgan fingerprint density at radius 1 is 1.00 bits per heavy atom. The maximum Gasteiger partial charge on any atom is 0.0627 e. The monoisotopic (exact) mass is 310 g/mol. The maximum atomic E-state index is 4.92. The molecule has 2 heteroatoms. The lowest BCUT2D eigenvalue weighted by Crippen LogP contribution is -2.17. The Bertz CT molecular complexity index is 579. The first-order valence-electron chi connectivity index (χ1n) is 9.44. The van der Waals surface area contributed by atoms with E-state index >= 15 is 0 Å². The van der Waals surface area contributed by atoms with Gasteiger partial charge in [0.2, 0.25) is 0 Å². The molecule has 1 aromatic heterocycles. The van der Waals surface area contributed by atoms with Gasteiger partial charge in [0, 0.05) is 12.2 Å². The fourth-order valence-electron chi connectivity index (χ4n) is 3.78. The van der Waals surface area contributed by atoms with Gasteiger partial charge in [-0.2, -0.15) is 5.10 Å². The van der Waals surface area contributed by atoms with Gasteiger partial charge in [0.1, 0.15) is 0 Å². The van der Waals surface area contributed by atoms with Crippen molar-refractivity contribution in [1.82, 2.24) is 9.78 Å². The third-order valence-electron chi connectivity index (χ3n) is 5.09. The predicted molar refractivity (Wildman–Crippen MR) is 96.6 cm³/mol. The first-order valence-corrected chi connectivity index (χ1v) is 9.44. The van der Waals surface area contributed by atoms with E-state index in [0.717, 1.165) is 31.7 Å². The van der Waals surface area contributed by atoms with Gasteiger partial charge >= 0.3 is 0 Å². The van der Waals surface area contributed by atoms with Gasteiger partial charge < -0.3 is 0 Å². The molecule has 1 aliphatic carbocycles. The average molecular weight is 310 g/mol. The van der Waals surface area contributed by atoms with Crippen LogP contribution in [-0.4, -0.2) is 9.78 Å². The Kier molecular flexibility index (Phi) is 5.90. The van der Waals surface area contributed by atoms with Crippen molar-refractivity contribution < 1.29 is 0 Å². The van der Waals surface area contributed by atoms with Crippen molar-refractivity contribution in [3.8, 4) is 0 Å². The van der Waals surface area contributed by atoms with Crippen LogP contribution < -0.4 is 0 Å². The molecule has 124 valence electrons. The van der Waals surface area contributed by atoms with Crippen LogP contribution in [0.5, 0.6) is 0 Å². The normalized spacial score (nSPS) is 15.9. The molecule has 2 aromatic rings. The molecule has 1 saturated carbocycles. The van der Waals surface area contributed by atoms with E-state index in [1.807, 2.05) is 0 Å². The summed E-state index contributed by atoms with van der Waals surface area (Å²) in [7, 11) is 0. The third kappa shape index (κ3) is 4.70. The SMILES string of the molecule is CCCc1cc(CCc2ccccc2)n(CC2CCCCC2)n1. The minimum absolute atomic E-state index is 0.841. The molecule has 2 nitrogen and oxygen atoms in total. The summed E-state index contributed by atoms with van der Waals surface area (Å²) in [6.07, 6.45) is 11.5. The molecule has 0 radical (unpaired) electrons. The van der Waals surface area contributed by atoms with E-state index in [4.69, 9.17) is 5.10 Å². The van der Waals surface area contributed by atoms with E-state index in [2.05, 4.69) is 48.0 Å². The number of nitrogens with zero attached hydrogens (tertiary/aromatic N) is 2. The van der Waals surface area contributed by atoms with Crippen molar-refractivity contribution in [1.29, 1.82) is 0 Å². The lowest BCUT2D eigenvalue weighted by Gasteiger charge is -2.22. The smallest absolute Gasteiger partial charge is 0.0627 e. The highest BCUT2D eigenvalue weighted by Crippen LogP contribution is 2.25. The molecule has 0 saturated heterocycles. The Hall–Kier alpha value is -1.57. The van der Waals surface area contributed by atoms with Crippen LogP contribution in [0.15, 0.2) is 36.4 Å². The van der Waals surface area contributed by atoms with E-state index in [0.29, 0.717) is 0 Å². The van der Waals surface area contributed by atoms with Crippen LogP contribution in [0.4, 0.5) is 0 Å². The Morgan fingerprint density at radius 3 is 2.52 bits per heavy atom. The van der Waals surface area contributed by atoms with Crippen LogP contribution in [0.25, 0.3) is 0 Å². The largest absolute Gasteiger partial charge is 0.269 e. The second-order valence-corrected chi connectivity index (χ2v) is 7.05. The number of rotatable bonds is 7. The first-order chi connectivity index (χ1) is 11.3. The summed E-state index contributed by atoms with van der Waals surface area (Å²) in [5, 5.41) is 4.92. The molecule has 1 heterocycles. The molecule has 1 aliphatic rings.